The van der Waals surface area contributed by atoms with E-state index in [1.54, 1.807) is 0 Å². The Bertz CT molecular complexity index is 670. The summed E-state index contributed by atoms with van der Waals surface area (Å²) in [5.74, 6) is -6.58. The molecule has 0 radical (unpaired) electrons. The molecule has 19 heavy (non-hydrogen) atoms. The van der Waals surface area contributed by atoms with Crippen molar-refractivity contribution in [2.24, 2.45) is 0 Å². The van der Waals surface area contributed by atoms with Crippen LogP contribution in [0.25, 0.3) is 0 Å². The SMILES string of the molecule is Nc1ccc(F)cc1C(=O)c1ccc(F)c(F)c1F. The van der Waals surface area contributed by atoms with Crippen LogP contribution >= 0.6 is 0 Å². The number of rotatable bonds is 2. The predicted octanol–water partition coefficient (Wildman–Crippen LogP) is 3.06. The molecule has 0 fully saturated rings. The molecule has 0 saturated heterocycles. The van der Waals surface area contributed by atoms with Crippen molar-refractivity contribution < 1.29 is 22.4 Å². The molecule has 0 spiro atoms. The summed E-state index contributed by atoms with van der Waals surface area (Å²) in [6.45, 7) is 0. The van der Waals surface area contributed by atoms with Crippen molar-refractivity contribution >= 4 is 11.5 Å². The van der Waals surface area contributed by atoms with Crippen LogP contribution in [0.4, 0.5) is 23.2 Å². The number of halogens is 4. The van der Waals surface area contributed by atoms with Crippen molar-refractivity contribution in [1.82, 2.24) is 0 Å². The van der Waals surface area contributed by atoms with E-state index in [4.69, 9.17) is 5.73 Å². The van der Waals surface area contributed by atoms with E-state index in [0.29, 0.717) is 6.07 Å². The fourth-order valence-electron chi connectivity index (χ4n) is 1.57. The summed E-state index contributed by atoms with van der Waals surface area (Å²) in [7, 11) is 0. The molecule has 0 atom stereocenters. The fourth-order valence-corrected chi connectivity index (χ4v) is 1.57. The number of carbonyl (C=O) groups excluding carboxylic acids is 1. The van der Waals surface area contributed by atoms with Gasteiger partial charge in [0.05, 0.1) is 5.56 Å². The zero-order chi connectivity index (χ0) is 14.2. The standard InChI is InChI=1S/C13H7F4NO/c14-6-1-4-10(18)8(5-6)13(19)7-2-3-9(15)12(17)11(7)16/h1-5H,18H2. The average molecular weight is 269 g/mol. The average Bonchev–Trinajstić information content (AvgIpc) is 2.38. The Kier molecular flexibility index (Phi) is 3.25. The molecule has 0 aliphatic carbocycles. The Morgan fingerprint density at radius 1 is 0.895 bits per heavy atom. The molecule has 0 heterocycles. The van der Waals surface area contributed by atoms with Crippen LogP contribution in [0.15, 0.2) is 30.3 Å². The second-order valence-electron chi connectivity index (χ2n) is 3.78. The molecule has 2 rings (SSSR count). The summed E-state index contributed by atoms with van der Waals surface area (Å²) >= 11 is 0. The minimum Gasteiger partial charge on any atom is -0.398 e. The van der Waals surface area contributed by atoms with Crippen molar-refractivity contribution in [3.8, 4) is 0 Å². The lowest BCUT2D eigenvalue weighted by molar-refractivity contribution is 0.103. The van der Waals surface area contributed by atoms with Gasteiger partial charge in [-0.2, -0.15) is 0 Å². The number of ketones is 1. The highest BCUT2D eigenvalue weighted by molar-refractivity contribution is 6.12. The zero-order valence-electron chi connectivity index (χ0n) is 9.38. The minimum atomic E-state index is -1.76. The summed E-state index contributed by atoms with van der Waals surface area (Å²) in [6, 6.07) is 4.34. The Morgan fingerprint density at radius 2 is 1.58 bits per heavy atom. The highest BCUT2D eigenvalue weighted by Gasteiger charge is 2.21. The van der Waals surface area contributed by atoms with Gasteiger partial charge in [0.1, 0.15) is 5.82 Å². The van der Waals surface area contributed by atoms with E-state index in [1.165, 1.54) is 0 Å². The number of carbonyl (C=O) groups is 1. The van der Waals surface area contributed by atoms with Crippen molar-refractivity contribution in [2.75, 3.05) is 5.73 Å². The summed E-state index contributed by atoms with van der Waals surface area (Å²) in [5.41, 5.74) is 4.35. The van der Waals surface area contributed by atoms with Gasteiger partial charge in [-0.25, -0.2) is 17.6 Å². The number of hydrogen-bond donors (Lipinski definition) is 1. The third-order valence-corrected chi connectivity index (χ3v) is 2.54. The molecule has 0 amide bonds. The number of nitrogen functional groups attached to an aromatic ring is 1. The van der Waals surface area contributed by atoms with Gasteiger partial charge < -0.3 is 5.73 Å². The van der Waals surface area contributed by atoms with Crippen LogP contribution in [0.5, 0.6) is 0 Å². The van der Waals surface area contributed by atoms with Gasteiger partial charge in [-0.3, -0.25) is 4.79 Å². The van der Waals surface area contributed by atoms with E-state index in [9.17, 15) is 22.4 Å². The van der Waals surface area contributed by atoms with Crippen LogP contribution in [0.1, 0.15) is 15.9 Å². The van der Waals surface area contributed by atoms with E-state index in [1.807, 2.05) is 0 Å². The summed E-state index contributed by atoms with van der Waals surface area (Å²) in [5, 5.41) is 0. The molecular weight excluding hydrogens is 262 g/mol. The number of anilines is 1. The summed E-state index contributed by atoms with van der Waals surface area (Å²) < 4.78 is 52.3. The second-order valence-corrected chi connectivity index (χ2v) is 3.78. The van der Waals surface area contributed by atoms with Crippen LogP contribution in [0.2, 0.25) is 0 Å². The topological polar surface area (TPSA) is 43.1 Å². The lowest BCUT2D eigenvalue weighted by Crippen LogP contribution is -2.10. The number of hydrogen-bond acceptors (Lipinski definition) is 2. The van der Waals surface area contributed by atoms with Crippen molar-refractivity contribution in [1.29, 1.82) is 0 Å². The third kappa shape index (κ3) is 2.29. The summed E-state index contributed by atoms with van der Waals surface area (Å²) in [4.78, 5) is 11.9. The lowest BCUT2D eigenvalue weighted by Gasteiger charge is -2.07. The first kappa shape index (κ1) is 13.1. The van der Waals surface area contributed by atoms with E-state index >= 15 is 0 Å². The fraction of sp³-hybridized carbons (Fsp3) is 0. The molecule has 0 aromatic heterocycles. The maximum absolute atomic E-state index is 13.5. The highest BCUT2D eigenvalue weighted by Crippen LogP contribution is 2.22. The number of nitrogens with two attached hydrogens (primary N) is 1. The smallest absolute Gasteiger partial charge is 0.198 e. The van der Waals surface area contributed by atoms with Gasteiger partial charge in [-0.15, -0.1) is 0 Å². The Balaban J connectivity index is 2.56. The van der Waals surface area contributed by atoms with Crippen LogP contribution in [-0.2, 0) is 0 Å². The van der Waals surface area contributed by atoms with Gasteiger partial charge in [0.2, 0.25) is 0 Å². The lowest BCUT2D eigenvalue weighted by atomic mass is 10.0. The van der Waals surface area contributed by atoms with Gasteiger partial charge in [-0.05, 0) is 30.3 Å². The molecule has 2 nitrogen and oxygen atoms in total. The first-order valence-corrected chi connectivity index (χ1v) is 5.15. The van der Waals surface area contributed by atoms with Gasteiger partial charge in [0, 0.05) is 11.3 Å². The normalized spacial score (nSPS) is 10.5. The van der Waals surface area contributed by atoms with Crippen molar-refractivity contribution in [3.63, 3.8) is 0 Å². The van der Waals surface area contributed by atoms with Crippen LogP contribution in [-0.4, -0.2) is 5.78 Å². The second kappa shape index (κ2) is 4.72. The van der Waals surface area contributed by atoms with Gasteiger partial charge >= 0.3 is 0 Å². The van der Waals surface area contributed by atoms with E-state index < -0.39 is 34.6 Å². The quantitative estimate of drug-likeness (QED) is 0.394. The minimum absolute atomic E-state index is 0.0875. The Labute approximate surface area is 105 Å². The van der Waals surface area contributed by atoms with Crippen LogP contribution in [0, 0.1) is 23.3 Å². The highest BCUT2D eigenvalue weighted by atomic mass is 19.2. The maximum Gasteiger partial charge on any atom is 0.198 e. The van der Waals surface area contributed by atoms with E-state index in [-0.39, 0.29) is 11.3 Å². The molecule has 0 aliphatic rings. The predicted molar refractivity (Wildman–Crippen MR) is 60.6 cm³/mol. The van der Waals surface area contributed by atoms with Crippen LogP contribution in [0.3, 0.4) is 0 Å². The largest absolute Gasteiger partial charge is 0.398 e. The molecule has 2 N–H and O–H groups in total. The molecule has 98 valence electrons. The third-order valence-electron chi connectivity index (χ3n) is 2.54. The molecule has 0 aliphatic heterocycles. The van der Waals surface area contributed by atoms with Gasteiger partial charge in [-0.1, -0.05) is 0 Å². The van der Waals surface area contributed by atoms with Crippen molar-refractivity contribution in [2.45, 2.75) is 0 Å². The Morgan fingerprint density at radius 3 is 2.26 bits per heavy atom. The van der Waals surface area contributed by atoms with Gasteiger partial charge in [0.25, 0.3) is 0 Å². The summed E-state index contributed by atoms with van der Waals surface area (Å²) in [6.07, 6.45) is 0. The molecule has 0 unspecified atom stereocenters. The Hall–Kier alpha value is -2.37. The first-order chi connectivity index (χ1) is 8.91. The maximum atomic E-state index is 13.5. The van der Waals surface area contributed by atoms with Gasteiger partial charge in [0.15, 0.2) is 23.2 Å². The zero-order valence-corrected chi connectivity index (χ0v) is 9.38. The van der Waals surface area contributed by atoms with E-state index in [0.717, 1.165) is 24.3 Å². The molecule has 0 saturated carbocycles. The number of benzene rings is 2. The molecule has 2 aromatic rings. The van der Waals surface area contributed by atoms with E-state index in [2.05, 4.69) is 0 Å². The molecule has 2 aromatic carbocycles. The monoisotopic (exact) mass is 269 g/mol. The van der Waals surface area contributed by atoms with Crippen molar-refractivity contribution in [3.05, 3.63) is 64.7 Å². The molecule has 0 bridgehead atoms. The first-order valence-electron chi connectivity index (χ1n) is 5.15. The van der Waals surface area contributed by atoms with Crippen LogP contribution < -0.4 is 5.73 Å². The molecule has 6 heteroatoms. The molecular formula is C13H7F4NO.